The van der Waals surface area contributed by atoms with E-state index in [1.807, 2.05) is 31.2 Å². The summed E-state index contributed by atoms with van der Waals surface area (Å²) in [6.07, 6.45) is 0. The van der Waals surface area contributed by atoms with Crippen molar-refractivity contribution in [1.82, 2.24) is 15.2 Å². The summed E-state index contributed by atoms with van der Waals surface area (Å²) in [6, 6.07) is 14.2. The molecule has 2 aromatic carbocycles. The number of quaternary nitrogens is 1. The molecule has 0 aliphatic carbocycles. The van der Waals surface area contributed by atoms with Crippen LogP contribution in [0.25, 0.3) is 5.70 Å². The second-order valence-electron chi connectivity index (χ2n) is 7.53. The number of nitrogens with one attached hydrogen (secondary N) is 3. The highest BCUT2D eigenvalue weighted by Gasteiger charge is 2.31. The Balaban J connectivity index is 1.46. The van der Waals surface area contributed by atoms with Gasteiger partial charge in [0.1, 0.15) is 5.75 Å². The molecule has 8 nitrogen and oxygen atoms in total. The first-order chi connectivity index (χ1) is 14.8. The van der Waals surface area contributed by atoms with Crippen LogP contribution in [0.2, 0.25) is 0 Å². The van der Waals surface area contributed by atoms with E-state index in [0.29, 0.717) is 42.5 Å². The highest BCUT2D eigenvalue weighted by Crippen LogP contribution is 2.17. The van der Waals surface area contributed by atoms with Gasteiger partial charge in [-0.3, -0.25) is 15.6 Å². The normalized spacial score (nSPS) is 15.3. The van der Waals surface area contributed by atoms with Crippen LogP contribution in [0, 0.1) is 6.92 Å². The number of aryl methyl sites for hydroxylation is 1. The standard InChI is InChI=1S/C22H28N4O4S/c1-17-7-9-21(10-8-17)31(28,29)26-13-11-25(12-14-26)16-22(27)24-23-18(2)19-5-4-6-20(15-19)30-3/h4-10,15,23H,2,11-14,16H2,1,3H3,(H,24,27)/p+1. The first-order valence-electron chi connectivity index (χ1n) is 10.1. The number of amides is 1. The summed E-state index contributed by atoms with van der Waals surface area (Å²) < 4.78 is 32.3. The summed E-state index contributed by atoms with van der Waals surface area (Å²) >= 11 is 0. The number of hydrogen-bond acceptors (Lipinski definition) is 5. The van der Waals surface area contributed by atoms with Crippen LogP contribution in [0.5, 0.6) is 5.75 Å². The fourth-order valence-corrected chi connectivity index (χ4v) is 4.82. The zero-order chi connectivity index (χ0) is 22.4. The number of sulfonamides is 1. The average molecular weight is 446 g/mol. The van der Waals surface area contributed by atoms with Gasteiger partial charge in [0, 0.05) is 5.56 Å². The second-order valence-corrected chi connectivity index (χ2v) is 9.47. The lowest BCUT2D eigenvalue weighted by molar-refractivity contribution is -0.895. The van der Waals surface area contributed by atoms with Gasteiger partial charge in [0.2, 0.25) is 10.0 Å². The third-order valence-electron chi connectivity index (χ3n) is 5.27. The van der Waals surface area contributed by atoms with Gasteiger partial charge in [0.25, 0.3) is 5.91 Å². The van der Waals surface area contributed by atoms with E-state index >= 15 is 0 Å². The van der Waals surface area contributed by atoms with Crippen molar-refractivity contribution < 1.29 is 22.8 Å². The SMILES string of the molecule is C=C(NNC(=O)C[NH+]1CCN(S(=O)(=O)c2ccc(C)cc2)CC1)c1cccc(OC)c1. The van der Waals surface area contributed by atoms with E-state index in [1.165, 1.54) is 4.31 Å². The molecule has 0 radical (unpaired) electrons. The third-order valence-corrected chi connectivity index (χ3v) is 7.18. The minimum Gasteiger partial charge on any atom is -0.497 e. The molecule has 0 saturated carbocycles. The lowest BCUT2D eigenvalue weighted by Gasteiger charge is -2.31. The van der Waals surface area contributed by atoms with Gasteiger partial charge in [0.15, 0.2) is 6.54 Å². The molecule has 1 aliphatic heterocycles. The Morgan fingerprint density at radius 2 is 1.81 bits per heavy atom. The zero-order valence-corrected chi connectivity index (χ0v) is 18.7. The predicted molar refractivity (Wildman–Crippen MR) is 119 cm³/mol. The van der Waals surface area contributed by atoms with Crippen LogP contribution in [0.15, 0.2) is 60.0 Å². The molecule has 9 heteroatoms. The Morgan fingerprint density at radius 1 is 1.13 bits per heavy atom. The molecule has 31 heavy (non-hydrogen) atoms. The molecule has 0 atom stereocenters. The van der Waals surface area contributed by atoms with E-state index in [1.54, 1.807) is 31.4 Å². The average Bonchev–Trinajstić information content (AvgIpc) is 2.78. The van der Waals surface area contributed by atoms with Gasteiger partial charge in [-0.2, -0.15) is 4.31 Å². The summed E-state index contributed by atoms with van der Waals surface area (Å²) in [5, 5.41) is 0. The molecular weight excluding hydrogens is 416 g/mol. The third kappa shape index (κ3) is 5.84. The minimum absolute atomic E-state index is 0.186. The van der Waals surface area contributed by atoms with Crippen LogP contribution >= 0.6 is 0 Å². The van der Waals surface area contributed by atoms with E-state index in [2.05, 4.69) is 17.4 Å². The molecule has 1 heterocycles. The van der Waals surface area contributed by atoms with Crippen LogP contribution in [-0.2, 0) is 14.8 Å². The van der Waals surface area contributed by atoms with Crippen molar-refractivity contribution in [2.75, 3.05) is 39.8 Å². The first-order valence-corrected chi connectivity index (χ1v) is 11.5. The summed E-state index contributed by atoms with van der Waals surface area (Å²) in [5.74, 6) is 0.517. The van der Waals surface area contributed by atoms with Crippen molar-refractivity contribution in [2.24, 2.45) is 0 Å². The number of carbonyl (C=O) groups is 1. The molecule has 2 aromatic rings. The molecule has 0 aromatic heterocycles. The van der Waals surface area contributed by atoms with Crippen LogP contribution in [0.3, 0.4) is 0 Å². The Bertz CT molecular complexity index is 1030. The molecule has 1 aliphatic rings. The number of methoxy groups -OCH3 is 1. The topological polar surface area (TPSA) is 92.2 Å². The monoisotopic (exact) mass is 445 g/mol. The van der Waals surface area contributed by atoms with Gasteiger partial charge in [-0.15, -0.1) is 0 Å². The van der Waals surface area contributed by atoms with Crippen molar-refractivity contribution in [3.63, 3.8) is 0 Å². The molecule has 3 rings (SSSR count). The highest BCUT2D eigenvalue weighted by atomic mass is 32.2. The van der Waals surface area contributed by atoms with Crippen molar-refractivity contribution in [1.29, 1.82) is 0 Å². The summed E-state index contributed by atoms with van der Waals surface area (Å²) in [4.78, 5) is 13.6. The molecule has 0 unspecified atom stereocenters. The number of hydrazine groups is 1. The minimum atomic E-state index is -3.50. The maximum atomic E-state index is 12.8. The maximum absolute atomic E-state index is 12.8. The first kappa shape index (κ1) is 22.8. The molecule has 3 N–H and O–H groups in total. The number of ether oxygens (including phenoxy) is 1. The van der Waals surface area contributed by atoms with Crippen molar-refractivity contribution in [3.8, 4) is 5.75 Å². The van der Waals surface area contributed by atoms with Gasteiger partial charge in [-0.05, 0) is 31.2 Å². The van der Waals surface area contributed by atoms with E-state index in [4.69, 9.17) is 4.74 Å². The molecule has 1 fully saturated rings. The Kier molecular flexibility index (Phi) is 7.32. The van der Waals surface area contributed by atoms with Crippen LogP contribution < -0.4 is 20.5 Å². The molecule has 0 spiro atoms. The molecule has 166 valence electrons. The van der Waals surface area contributed by atoms with Crippen molar-refractivity contribution in [3.05, 3.63) is 66.2 Å². The zero-order valence-electron chi connectivity index (χ0n) is 17.8. The smallest absolute Gasteiger partial charge is 0.293 e. The van der Waals surface area contributed by atoms with Gasteiger partial charge in [-0.1, -0.05) is 36.4 Å². The van der Waals surface area contributed by atoms with Crippen LogP contribution in [0.4, 0.5) is 0 Å². The number of piperazine rings is 1. The number of rotatable bonds is 8. The summed E-state index contributed by atoms with van der Waals surface area (Å²) in [6.45, 7) is 7.98. The van der Waals surface area contributed by atoms with Gasteiger partial charge in [0.05, 0.1) is 43.9 Å². The molecule has 1 saturated heterocycles. The fourth-order valence-electron chi connectivity index (χ4n) is 3.38. The van der Waals surface area contributed by atoms with Crippen LogP contribution in [0.1, 0.15) is 11.1 Å². The lowest BCUT2D eigenvalue weighted by atomic mass is 10.2. The molecule has 1 amide bonds. The predicted octanol–water partition coefficient (Wildman–Crippen LogP) is 0.185. The van der Waals surface area contributed by atoms with E-state index in [0.717, 1.165) is 16.0 Å². The van der Waals surface area contributed by atoms with Crippen molar-refractivity contribution in [2.45, 2.75) is 11.8 Å². The largest absolute Gasteiger partial charge is 0.497 e. The highest BCUT2D eigenvalue weighted by molar-refractivity contribution is 7.89. The maximum Gasteiger partial charge on any atom is 0.293 e. The lowest BCUT2D eigenvalue weighted by Crippen LogP contribution is -3.15. The van der Waals surface area contributed by atoms with Crippen LogP contribution in [-0.4, -0.2) is 58.5 Å². The van der Waals surface area contributed by atoms with E-state index < -0.39 is 10.0 Å². The number of nitrogens with zero attached hydrogens (tertiary/aromatic N) is 1. The van der Waals surface area contributed by atoms with E-state index in [9.17, 15) is 13.2 Å². The van der Waals surface area contributed by atoms with Gasteiger partial charge in [-0.25, -0.2) is 8.42 Å². The second kappa shape index (κ2) is 9.95. The summed E-state index contributed by atoms with van der Waals surface area (Å²) in [7, 11) is -1.91. The fraction of sp³-hybridized carbons (Fsp3) is 0.318. The Hall–Kier alpha value is -2.88. The Labute approximate surface area is 183 Å². The van der Waals surface area contributed by atoms with Crippen molar-refractivity contribution >= 4 is 21.6 Å². The Morgan fingerprint density at radius 3 is 2.45 bits per heavy atom. The quantitative estimate of drug-likeness (QED) is 0.505. The van der Waals surface area contributed by atoms with Gasteiger partial charge < -0.3 is 9.64 Å². The number of hydrogen-bond donors (Lipinski definition) is 3. The number of carbonyl (C=O) groups excluding carboxylic acids is 1. The van der Waals surface area contributed by atoms with Gasteiger partial charge >= 0.3 is 0 Å². The molecule has 0 bridgehead atoms. The molecular formula is C22H29N4O4S+. The van der Waals surface area contributed by atoms with E-state index in [-0.39, 0.29) is 12.5 Å². The summed E-state index contributed by atoms with van der Waals surface area (Å²) in [5.41, 5.74) is 7.86. The number of benzene rings is 2.